The zero-order valence-electron chi connectivity index (χ0n) is 16.6. The number of rotatable bonds is 5. The minimum absolute atomic E-state index is 0.0551. The maximum Gasteiger partial charge on any atom is 0.264 e. The molecule has 0 saturated carbocycles. The smallest absolute Gasteiger partial charge is 0.264 e. The number of aryl methyl sites for hydroxylation is 1. The lowest BCUT2D eigenvalue weighted by Gasteiger charge is -2.22. The van der Waals surface area contributed by atoms with Crippen LogP contribution in [0.5, 0.6) is 5.75 Å². The van der Waals surface area contributed by atoms with E-state index in [1.165, 1.54) is 0 Å². The first-order valence-corrected chi connectivity index (χ1v) is 9.48. The summed E-state index contributed by atoms with van der Waals surface area (Å²) in [6, 6.07) is 7.82. The summed E-state index contributed by atoms with van der Waals surface area (Å²) in [5.41, 5.74) is 1.02. The number of piperidine rings is 1. The van der Waals surface area contributed by atoms with Crippen LogP contribution in [0.3, 0.4) is 0 Å². The van der Waals surface area contributed by atoms with E-state index in [1.54, 1.807) is 11.7 Å². The molecule has 3 rings (SSSR count). The Balaban J connectivity index is 1.61. The Hall–Kier alpha value is -2.41. The summed E-state index contributed by atoms with van der Waals surface area (Å²) >= 11 is 0. The number of para-hydroxylation sites is 1. The van der Waals surface area contributed by atoms with Crippen molar-refractivity contribution in [2.75, 3.05) is 25.0 Å². The number of ether oxygens (including phenoxy) is 1. The molecular formula is C20H29N5O2. The molecule has 0 bridgehead atoms. The van der Waals surface area contributed by atoms with Gasteiger partial charge in [-0.25, -0.2) is 4.68 Å². The van der Waals surface area contributed by atoms with Crippen molar-refractivity contribution in [1.29, 1.82) is 0 Å². The number of carbonyl (C=O) groups excluding carboxylic acids is 1. The first-order chi connectivity index (χ1) is 12.8. The van der Waals surface area contributed by atoms with Gasteiger partial charge in [-0.15, -0.1) is 0 Å². The fraction of sp³-hybridized carbons (Fsp3) is 0.550. The molecule has 7 nitrogen and oxygen atoms in total. The van der Waals surface area contributed by atoms with Gasteiger partial charge < -0.3 is 10.1 Å². The summed E-state index contributed by atoms with van der Waals surface area (Å²) in [6.07, 6.45) is 2.04. The van der Waals surface area contributed by atoms with E-state index in [0.717, 1.165) is 43.1 Å². The molecule has 0 radical (unpaired) electrons. The molecule has 1 amide bonds. The van der Waals surface area contributed by atoms with Crippen molar-refractivity contribution in [3.05, 3.63) is 35.7 Å². The highest BCUT2D eigenvalue weighted by molar-refractivity contribution is 5.90. The molecule has 1 aromatic heterocycles. The normalized spacial score (nSPS) is 15.6. The van der Waals surface area contributed by atoms with Crippen LogP contribution >= 0.6 is 0 Å². The van der Waals surface area contributed by atoms with Gasteiger partial charge in [0.2, 0.25) is 5.95 Å². The summed E-state index contributed by atoms with van der Waals surface area (Å²) in [5.74, 6) is 2.09. The Morgan fingerprint density at radius 1 is 1.30 bits per heavy atom. The second-order valence-electron chi connectivity index (χ2n) is 8.02. The fourth-order valence-electron chi connectivity index (χ4n) is 3.28. The maximum atomic E-state index is 12.4. The predicted molar refractivity (Wildman–Crippen MR) is 105 cm³/mol. The largest absolute Gasteiger partial charge is 0.483 e. The van der Waals surface area contributed by atoms with Crippen LogP contribution in [0, 0.1) is 0 Å². The first-order valence-electron chi connectivity index (χ1n) is 9.48. The van der Waals surface area contributed by atoms with Crippen molar-refractivity contribution >= 4 is 11.9 Å². The average molecular weight is 371 g/mol. The molecule has 1 saturated heterocycles. The van der Waals surface area contributed by atoms with E-state index in [1.807, 2.05) is 24.3 Å². The molecule has 2 aromatic rings. The third-order valence-electron chi connectivity index (χ3n) is 4.79. The third-order valence-corrected chi connectivity index (χ3v) is 4.79. The van der Waals surface area contributed by atoms with Crippen molar-refractivity contribution < 1.29 is 9.53 Å². The van der Waals surface area contributed by atoms with Gasteiger partial charge in [-0.2, -0.15) is 10.1 Å². The first kappa shape index (κ1) is 19.4. The molecule has 0 atom stereocenters. The van der Waals surface area contributed by atoms with Crippen LogP contribution in [0.4, 0.5) is 5.95 Å². The number of benzene rings is 1. The molecule has 1 aliphatic rings. The van der Waals surface area contributed by atoms with Crippen molar-refractivity contribution in [2.45, 2.75) is 44.9 Å². The average Bonchev–Trinajstić information content (AvgIpc) is 3.01. The molecule has 0 unspecified atom stereocenters. The van der Waals surface area contributed by atoms with E-state index in [0.29, 0.717) is 11.9 Å². The van der Waals surface area contributed by atoms with E-state index in [4.69, 9.17) is 4.74 Å². The van der Waals surface area contributed by atoms with Crippen LogP contribution in [0.15, 0.2) is 24.3 Å². The number of amides is 1. The standard InChI is InChI=1S/C20H29N5O2/c1-20(2,3)15-7-5-6-8-16(15)27-13-17(26)22-19-23-18(24-25(19)4)14-9-11-21-12-10-14/h5-8,14,21H,9-13H2,1-4H3,(H,22,23,24,26). The van der Waals surface area contributed by atoms with Crippen LogP contribution in [0.2, 0.25) is 0 Å². The van der Waals surface area contributed by atoms with Gasteiger partial charge in [-0.1, -0.05) is 39.0 Å². The van der Waals surface area contributed by atoms with E-state index >= 15 is 0 Å². The van der Waals surface area contributed by atoms with Crippen LogP contribution < -0.4 is 15.4 Å². The lowest BCUT2D eigenvalue weighted by molar-refractivity contribution is -0.118. The summed E-state index contributed by atoms with van der Waals surface area (Å²) in [4.78, 5) is 16.9. The van der Waals surface area contributed by atoms with Crippen LogP contribution in [-0.4, -0.2) is 40.4 Å². The summed E-state index contributed by atoms with van der Waals surface area (Å²) in [7, 11) is 1.79. The van der Waals surface area contributed by atoms with Crippen molar-refractivity contribution in [3.63, 3.8) is 0 Å². The number of carbonyl (C=O) groups is 1. The number of nitrogens with one attached hydrogen (secondary N) is 2. The van der Waals surface area contributed by atoms with E-state index in [2.05, 4.69) is 41.5 Å². The Kier molecular flexibility index (Phi) is 5.79. The highest BCUT2D eigenvalue weighted by atomic mass is 16.5. The number of hydrogen-bond donors (Lipinski definition) is 2. The maximum absolute atomic E-state index is 12.4. The number of hydrogen-bond acceptors (Lipinski definition) is 5. The highest BCUT2D eigenvalue weighted by Gasteiger charge is 2.22. The zero-order chi connectivity index (χ0) is 19.4. The molecule has 27 heavy (non-hydrogen) atoms. The van der Waals surface area contributed by atoms with Crippen molar-refractivity contribution in [2.24, 2.45) is 7.05 Å². The van der Waals surface area contributed by atoms with E-state index in [9.17, 15) is 4.79 Å². The van der Waals surface area contributed by atoms with Crippen LogP contribution in [0.1, 0.15) is 50.9 Å². The van der Waals surface area contributed by atoms with Gasteiger partial charge in [-0.3, -0.25) is 10.1 Å². The minimum Gasteiger partial charge on any atom is -0.483 e. The Labute approximate surface area is 160 Å². The van der Waals surface area contributed by atoms with Crippen molar-refractivity contribution in [3.8, 4) is 5.75 Å². The second kappa shape index (κ2) is 8.08. The third kappa shape index (κ3) is 4.86. The Bertz CT molecular complexity index is 788. The highest BCUT2D eigenvalue weighted by Crippen LogP contribution is 2.31. The van der Waals surface area contributed by atoms with Gasteiger partial charge in [0.15, 0.2) is 12.4 Å². The van der Waals surface area contributed by atoms with E-state index in [-0.39, 0.29) is 17.9 Å². The monoisotopic (exact) mass is 371 g/mol. The minimum atomic E-state index is -0.244. The molecule has 146 valence electrons. The molecule has 1 aromatic carbocycles. The fourth-order valence-corrected chi connectivity index (χ4v) is 3.28. The Morgan fingerprint density at radius 2 is 2.00 bits per heavy atom. The quantitative estimate of drug-likeness (QED) is 0.844. The van der Waals surface area contributed by atoms with Crippen LogP contribution in [-0.2, 0) is 17.3 Å². The van der Waals surface area contributed by atoms with Gasteiger partial charge in [0.1, 0.15) is 5.75 Å². The number of aromatic nitrogens is 3. The molecule has 0 spiro atoms. The SMILES string of the molecule is Cn1nc(C2CCNCC2)nc1NC(=O)COc1ccccc1C(C)(C)C. The van der Waals surface area contributed by atoms with Crippen molar-refractivity contribution in [1.82, 2.24) is 20.1 Å². The number of anilines is 1. The summed E-state index contributed by atoms with van der Waals surface area (Å²) in [6.45, 7) is 8.26. The lowest BCUT2D eigenvalue weighted by Crippen LogP contribution is -2.27. The summed E-state index contributed by atoms with van der Waals surface area (Å²) < 4.78 is 7.41. The molecule has 1 aliphatic heterocycles. The van der Waals surface area contributed by atoms with Gasteiger partial charge in [-0.05, 0) is 43.0 Å². The molecule has 0 aliphatic carbocycles. The summed E-state index contributed by atoms with van der Waals surface area (Å²) in [5, 5.41) is 10.6. The van der Waals surface area contributed by atoms with Gasteiger partial charge in [0.25, 0.3) is 5.91 Å². The van der Waals surface area contributed by atoms with E-state index < -0.39 is 0 Å². The molecule has 1 fully saturated rings. The lowest BCUT2D eigenvalue weighted by atomic mass is 9.86. The second-order valence-corrected chi connectivity index (χ2v) is 8.02. The van der Waals surface area contributed by atoms with Gasteiger partial charge >= 0.3 is 0 Å². The van der Waals surface area contributed by atoms with Gasteiger partial charge in [0, 0.05) is 13.0 Å². The number of nitrogens with zero attached hydrogens (tertiary/aromatic N) is 3. The predicted octanol–water partition coefficient (Wildman–Crippen LogP) is 2.60. The Morgan fingerprint density at radius 3 is 2.70 bits per heavy atom. The topological polar surface area (TPSA) is 81.1 Å². The molecule has 7 heteroatoms. The van der Waals surface area contributed by atoms with Crippen LogP contribution in [0.25, 0.3) is 0 Å². The molecule has 2 N–H and O–H groups in total. The van der Waals surface area contributed by atoms with Gasteiger partial charge in [0.05, 0.1) is 0 Å². The molecular weight excluding hydrogens is 342 g/mol. The zero-order valence-corrected chi connectivity index (χ0v) is 16.6. The molecule has 2 heterocycles.